The highest BCUT2D eigenvalue weighted by atomic mass is 19.1. The van der Waals surface area contributed by atoms with E-state index in [0.717, 1.165) is 10.5 Å². The van der Waals surface area contributed by atoms with Gasteiger partial charge in [-0.3, -0.25) is 9.69 Å². The minimum atomic E-state index is -0.503. The van der Waals surface area contributed by atoms with Crippen LogP contribution in [0.25, 0.3) is 6.08 Å². The molecule has 2 aromatic rings. The molecule has 1 aliphatic heterocycles. The third-order valence-electron chi connectivity index (χ3n) is 3.35. The van der Waals surface area contributed by atoms with Crippen LogP contribution in [0.1, 0.15) is 11.1 Å². The van der Waals surface area contributed by atoms with Crippen LogP contribution in [0, 0.1) is 5.82 Å². The van der Waals surface area contributed by atoms with Crippen LogP contribution in [0.3, 0.4) is 0 Å². The summed E-state index contributed by atoms with van der Waals surface area (Å²) in [4.78, 5) is 25.3. The van der Waals surface area contributed by atoms with Crippen LogP contribution in [0.4, 0.5) is 9.18 Å². The smallest absolute Gasteiger partial charge is 0.303 e. The molecule has 110 valence electrons. The average molecular weight is 296 g/mol. The SMILES string of the molecule is O=C1N/C(=C\c2ccccc2F)C(=O)N1Cc1ccccc1. The van der Waals surface area contributed by atoms with Crippen molar-refractivity contribution in [2.45, 2.75) is 6.54 Å². The quantitative estimate of drug-likeness (QED) is 0.699. The number of rotatable bonds is 3. The van der Waals surface area contributed by atoms with Gasteiger partial charge in [-0.1, -0.05) is 48.5 Å². The Balaban J connectivity index is 1.84. The first-order chi connectivity index (χ1) is 10.6. The minimum absolute atomic E-state index is 0.0750. The minimum Gasteiger partial charge on any atom is -0.303 e. The molecule has 22 heavy (non-hydrogen) atoms. The van der Waals surface area contributed by atoms with Crippen molar-refractivity contribution >= 4 is 18.0 Å². The summed E-state index contributed by atoms with van der Waals surface area (Å²) in [6, 6.07) is 14.8. The molecule has 0 bridgehead atoms. The topological polar surface area (TPSA) is 49.4 Å². The molecular formula is C17H13FN2O2. The lowest BCUT2D eigenvalue weighted by molar-refractivity contribution is -0.123. The number of halogens is 1. The van der Waals surface area contributed by atoms with E-state index < -0.39 is 17.8 Å². The molecule has 0 saturated carbocycles. The van der Waals surface area contributed by atoms with Crippen molar-refractivity contribution in [1.82, 2.24) is 10.2 Å². The fourth-order valence-corrected chi connectivity index (χ4v) is 2.23. The molecule has 3 rings (SSSR count). The Kier molecular flexibility index (Phi) is 3.70. The van der Waals surface area contributed by atoms with E-state index >= 15 is 0 Å². The van der Waals surface area contributed by atoms with Gasteiger partial charge < -0.3 is 5.32 Å². The maximum absolute atomic E-state index is 13.6. The molecule has 0 unspecified atom stereocenters. The van der Waals surface area contributed by atoms with E-state index in [2.05, 4.69) is 5.32 Å². The van der Waals surface area contributed by atoms with Crippen molar-refractivity contribution in [3.05, 3.63) is 77.2 Å². The maximum Gasteiger partial charge on any atom is 0.329 e. The van der Waals surface area contributed by atoms with Crippen molar-refractivity contribution in [2.75, 3.05) is 0 Å². The summed E-state index contributed by atoms with van der Waals surface area (Å²) >= 11 is 0. The number of carbonyl (C=O) groups excluding carboxylic acids is 2. The molecular weight excluding hydrogens is 283 g/mol. The molecule has 1 saturated heterocycles. The first-order valence-corrected chi connectivity index (χ1v) is 6.78. The van der Waals surface area contributed by atoms with E-state index in [1.165, 1.54) is 12.1 Å². The van der Waals surface area contributed by atoms with Crippen LogP contribution in [0.15, 0.2) is 60.3 Å². The fourth-order valence-electron chi connectivity index (χ4n) is 2.23. The van der Waals surface area contributed by atoms with Gasteiger partial charge in [-0.05, 0) is 17.7 Å². The summed E-state index contributed by atoms with van der Waals surface area (Å²) < 4.78 is 13.6. The first-order valence-electron chi connectivity index (χ1n) is 6.78. The third kappa shape index (κ3) is 2.74. The van der Waals surface area contributed by atoms with Gasteiger partial charge in [0.05, 0.1) is 6.54 Å². The number of urea groups is 1. The average Bonchev–Trinajstić information content (AvgIpc) is 2.78. The second kappa shape index (κ2) is 5.81. The summed E-state index contributed by atoms with van der Waals surface area (Å²) in [5.74, 6) is -0.907. The molecule has 3 amide bonds. The van der Waals surface area contributed by atoms with E-state index in [-0.39, 0.29) is 17.8 Å². The monoisotopic (exact) mass is 296 g/mol. The van der Waals surface area contributed by atoms with Crippen LogP contribution in [0.5, 0.6) is 0 Å². The number of imide groups is 1. The summed E-state index contributed by atoms with van der Waals surface area (Å²) in [7, 11) is 0. The number of carbonyl (C=O) groups is 2. The molecule has 1 fully saturated rings. The number of benzene rings is 2. The Morgan fingerprint density at radius 2 is 1.68 bits per heavy atom. The van der Waals surface area contributed by atoms with Gasteiger partial charge in [0.25, 0.3) is 5.91 Å². The molecule has 0 spiro atoms. The van der Waals surface area contributed by atoms with E-state index in [0.29, 0.717) is 0 Å². The van der Waals surface area contributed by atoms with Crippen molar-refractivity contribution in [3.8, 4) is 0 Å². The molecule has 5 heteroatoms. The van der Waals surface area contributed by atoms with Crippen LogP contribution in [-0.4, -0.2) is 16.8 Å². The second-order valence-electron chi connectivity index (χ2n) is 4.89. The first kappa shape index (κ1) is 14.0. The molecule has 1 heterocycles. The zero-order chi connectivity index (χ0) is 15.5. The van der Waals surface area contributed by atoms with E-state index in [9.17, 15) is 14.0 Å². The van der Waals surface area contributed by atoms with Crippen molar-refractivity contribution < 1.29 is 14.0 Å². The zero-order valence-electron chi connectivity index (χ0n) is 11.6. The van der Waals surface area contributed by atoms with Gasteiger partial charge in [0.15, 0.2) is 0 Å². The van der Waals surface area contributed by atoms with Crippen molar-refractivity contribution in [1.29, 1.82) is 0 Å². The summed E-state index contributed by atoms with van der Waals surface area (Å²) in [6.45, 7) is 0.181. The standard InChI is InChI=1S/C17H13FN2O2/c18-14-9-5-4-8-13(14)10-15-16(21)20(17(22)19-15)11-12-6-2-1-3-7-12/h1-10H,11H2,(H,19,22)/b15-10-. The van der Waals surface area contributed by atoms with Gasteiger partial charge in [-0.25, -0.2) is 9.18 Å². The normalized spacial score (nSPS) is 16.2. The molecule has 4 nitrogen and oxygen atoms in total. The zero-order valence-corrected chi connectivity index (χ0v) is 11.6. The number of amides is 3. The summed E-state index contributed by atoms with van der Waals surface area (Å²) in [5.41, 5.74) is 1.18. The fraction of sp³-hybridized carbons (Fsp3) is 0.0588. The van der Waals surface area contributed by atoms with Crippen LogP contribution >= 0.6 is 0 Å². The van der Waals surface area contributed by atoms with E-state index in [1.807, 2.05) is 30.3 Å². The van der Waals surface area contributed by atoms with Crippen LogP contribution < -0.4 is 5.32 Å². The highest BCUT2D eigenvalue weighted by molar-refractivity contribution is 6.13. The highest BCUT2D eigenvalue weighted by Crippen LogP contribution is 2.18. The number of hydrogen-bond donors (Lipinski definition) is 1. The predicted molar refractivity (Wildman–Crippen MR) is 79.9 cm³/mol. The number of nitrogens with zero attached hydrogens (tertiary/aromatic N) is 1. The van der Waals surface area contributed by atoms with Gasteiger partial charge in [-0.2, -0.15) is 0 Å². The summed E-state index contributed by atoms with van der Waals surface area (Å²) in [5, 5.41) is 2.48. The predicted octanol–water partition coefficient (Wildman–Crippen LogP) is 2.92. The molecule has 0 aromatic heterocycles. The maximum atomic E-state index is 13.6. The van der Waals surface area contributed by atoms with Crippen molar-refractivity contribution in [2.24, 2.45) is 0 Å². The third-order valence-corrected chi connectivity index (χ3v) is 3.35. The van der Waals surface area contributed by atoms with Gasteiger partial charge in [0, 0.05) is 5.56 Å². The molecule has 1 aliphatic rings. The Morgan fingerprint density at radius 1 is 1.00 bits per heavy atom. The Morgan fingerprint density at radius 3 is 2.41 bits per heavy atom. The Labute approximate surface area is 126 Å². The van der Waals surface area contributed by atoms with Gasteiger partial charge in [0.2, 0.25) is 0 Å². The van der Waals surface area contributed by atoms with E-state index in [1.54, 1.807) is 18.2 Å². The molecule has 0 atom stereocenters. The van der Waals surface area contributed by atoms with E-state index in [4.69, 9.17) is 0 Å². The lowest BCUT2D eigenvalue weighted by atomic mass is 10.1. The molecule has 0 radical (unpaired) electrons. The number of hydrogen-bond acceptors (Lipinski definition) is 2. The van der Waals surface area contributed by atoms with Gasteiger partial charge in [0.1, 0.15) is 11.5 Å². The summed E-state index contributed by atoms with van der Waals surface area (Å²) in [6.07, 6.45) is 1.35. The van der Waals surface area contributed by atoms with Crippen LogP contribution in [0.2, 0.25) is 0 Å². The van der Waals surface area contributed by atoms with Gasteiger partial charge >= 0.3 is 6.03 Å². The Bertz CT molecular complexity index is 756. The van der Waals surface area contributed by atoms with Crippen LogP contribution in [-0.2, 0) is 11.3 Å². The van der Waals surface area contributed by atoms with Gasteiger partial charge in [-0.15, -0.1) is 0 Å². The molecule has 2 aromatic carbocycles. The van der Waals surface area contributed by atoms with Crippen molar-refractivity contribution in [3.63, 3.8) is 0 Å². The lowest BCUT2D eigenvalue weighted by Gasteiger charge is -2.11. The molecule has 1 N–H and O–H groups in total. The Hall–Kier alpha value is -2.95. The highest BCUT2D eigenvalue weighted by Gasteiger charge is 2.33. The molecule has 0 aliphatic carbocycles. The lowest BCUT2D eigenvalue weighted by Crippen LogP contribution is -2.30. The number of nitrogens with one attached hydrogen (secondary N) is 1. The largest absolute Gasteiger partial charge is 0.329 e. The second-order valence-corrected chi connectivity index (χ2v) is 4.89.